The molecule has 1 heterocycles. The average molecular weight is 396 g/mol. The molecule has 0 radical (unpaired) electrons. The summed E-state index contributed by atoms with van der Waals surface area (Å²) in [5, 5.41) is 14.7. The molecule has 9 nitrogen and oxygen atoms in total. The van der Waals surface area contributed by atoms with Gasteiger partial charge in [0.2, 0.25) is 11.8 Å². The standard InChI is InChI=1S/C20H20N4O5/c1-24-10-13-7-12(5-6-15(13)23-16(20(24)29)9-17(25)26)19(28)22-14-4-2-3-11(8-14)18(21)27/h2-8,16,23H,9-10H2,1H3,(H2,21,27)(H,22,28)(H,25,26). The molecule has 3 amide bonds. The van der Waals surface area contributed by atoms with Crippen molar-refractivity contribution in [2.45, 2.75) is 19.0 Å². The lowest BCUT2D eigenvalue weighted by Gasteiger charge is -2.19. The number of amides is 3. The molecule has 0 bridgehead atoms. The number of nitrogens with two attached hydrogens (primary N) is 1. The molecule has 0 fully saturated rings. The Morgan fingerprint density at radius 3 is 2.66 bits per heavy atom. The fraction of sp³-hybridized carbons (Fsp3) is 0.200. The summed E-state index contributed by atoms with van der Waals surface area (Å²) in [5.41, 5.74) is 7.59. The highest BCUT2D eigenvalue weighted by atomic mass is 16.4. The van der Waals surface area contributed by atoms with E-state index >= 15 is 0 Å². The van der Waals surface area contributed by atoms with Crippen LogP contribution in [0.25, 0.3) is 0 Å². The Kier molecular flexibility index (Phi) is 5.49. The molecular formula is C20H20N4O5. The third-order valence-corrected chi connectivity index (χ3v) is 4.56. The van der Waals surface area contributed by atoms with E-state index in [0.29, 0.717) is 22.5 Å². The quantitative estimate of drug-likeness (QED) is 0.599. The summed E-state index contributed by atoms with van der Waals surface area (Å²) in [5.74, 6) is -2.41. The van der Waals surface area contributed by atoms with Gasteiger partial charge in [-0.1, -0.05) is 6.07 Å². The van der Waals surface area contributed by atoms with E-state index in [9.17, 15) is 19.2 Å². The predicted octanol–water partition coefficient (Wildman–Crippen LogP) is 1.26. The van der Waals surface area contributed by atoms with Gasteiger partial charge in [0.05, 0.1) is 6.42 Å². The first-order chi connectivity index (χ1) is 13.7. The van der Waals surface area contributed by atoms with Gasteiger partial charge < -0.3 is 26.4 Å². The zero-order chi connectivity index (χ0) is 21.1. The van der Waals surface area contributed by atoms with E-state index in [-0.39, 0.29) is 24.4 Å². The molecular weight excluding hydrogens is 376 g/mol. The first kappa shape index (κ1) is 19.9. The van der Waals surface area contributed by atoms with Crippen molar-refractivity contribution >= 4 is 35.1 Å². The molecule has 3 rings (SSSR count). The van der Waals surface area contributed by atoms with Gasteiger partial charge in [-0.3, -0.25) is 19.2 Å². The second kappa shape index (κ2) is 8.01. The molecule has 150 valence electrons. The minimum Gasteiger partial charge on any atom is -0.481 e. The molecule has 0 aliphatic carbocycles. The van der Waals surface area contributed by atoms with Gasteiger partial charge in [0, 0.05) is 36.1 Å². The Bertz CT molecular complexity index is 1000. The molecule has 1 atom stereocenters. The van der Waals surface area contributed by atoms with Crippen LogP contribution in [-0.2, 0) is 16.1 Å². The van der Waals surface area contributed by atoms with Gasteiger partial charge in [0.25, 0.3) is 5.91 Å². The number of rotatable bonds is 5. The van der Waals surface area contributed by atoms with Crippen molar-refractivity contribution in [1.82, 2.24) is 4.90 Å². The fourth-order valence-corrected chi connectivity index (χ4v) is 3.12. The summed E-state index contributed by atoms with van der Waals surface area (Å²) in [7, 11) is 1.58. The molecule has 1 aliphatic rings. The van der Waals surface area contributed by atoms with Gasteiger partial charge in [-0.25, -0.2) is 0 Å². The van der Waals surface area contributed by atoms with Crippen LogP contribution in [0.2, 0.25) is 0 Å². The maximum atomic E-state index is 12.6. The number of aliphatic carboxylic acids is 1. The Morgan fingerprint density at radius 2 is 1.97 bits per heavy atom. The van der Waals surface area contributed by atoms with Gasteiger partial charge >= 0.3 is 5.97 Å². The van der Waals surface area contributed by atoms with Gasteiger partial charge in [0.15, 0.2) is 0 Å². The van der Waals surface area contributed by atoms with Crippen LogP contribution in [-0.4, -0.2) is 46.8 Å². The fourth-order valence-electron chi connectivity index (χ4n) is 3.12. The van der Waals surface area contributed by atoms with Gasteiger partial charge in [-0.2, -0.15) is 0 Å². The lowest BCUT2D eigenvalue weighted by molar-refractivity contribution is -0.141. The molecule has 2 aromatic rings. The van der Waals surface area contributed by atoms with Crippen LogP contribution in [0.3, 0.4) is 0 Å². The smallest absolute Gasteiger partial charge is 0.305 e. The molecule has 0 saturated heterocycles. The van der Waals surface area contributed by atoms with E-state index in [1.165, 1.54) is 11.0 Å². The van der Waals surface area contributed by atoms with Crippen LogP contribution in [0.1, 0.15) is 32.7 Å². The highest BCUT2D eigenvalue weighted by molar-refractivity contribution is 6.05. The van der Waals surface area contributed by atoms with Crippen molar-refractivity contribution in [1.29, 1.82) is 0 Å². The molecule has 0 aromatic heterocycles. The molecule has 29 heavy (non-hydrogen) atoms. The highest BCUT2D eigenvalue weighted by Gasteiger charge is 2.29. The normalized spacial score (nSPS) is 15.7. The van der Waals surface area contributed by atoms with E-state index in [4.69, 9.17) is 10.8 Å². The molecule has 1 aliphatic heterocycles. The number of hydrogen-bond donors (Lipinski definition) is 4. The third kappa shape index (κ3) is 4.52. The van der Waals surface area contributed by atoms with Crippen LogP contribution in [0.5, 0.6) is 0 Å². The van der Waals surface area contributed by atoms with Crippen molar-refractivity contribution < 1.29 is 24.3 Å². The molecule has 1 unspecified atom stereocenters. The second-order valence-corrected chi connectivity index (χ2v) is 6.76. The molecule has 5 N–H and O–H groups in total. The Morgan fingerprint density at radius 1 is 1.21 bits per heavy atom. The summed E-state index contributed by atoms with van der Waals surface area (Å²) in [6, 6.07) is 10.3. The number of likely N-dealkylation sites (N-methyl/N-ethyl adjacent to an activating group) is 1. The van der Waals surface area contributed by atoms with Crippen molar-refractivity contribution in [3.8, 4) is 0 Å². The number of benzene rings is 2. The monoisotopic (exact) mass is 396 g/mol. The van der Waals surface area contributed by atoms with Crippen LogP contribution in [0.15, 0.2) is 42.5 Å². The van der Waals surface area contributed by atoms with Gasteiger partial charge in [-0.05, 0) is 42.0 Å². The van der Waals surface area contributed by atoms with E-state index in [0.717, 1.165) is 0 Å². The largest absolute Gasteiger partial charge is 0.481 e. The second-order valence-electron chi connectivity index (χ2n) is 6.76. The van der Waals surface area contributed by atoms with E-state index < -0.39 is 23.8 Å². The Labute approximate surface area is 166 Å². The summed E-state index contributed by atoms with van der Waals surface area (Å²) in [4.78, 5) is 48.7. The maximum Gasteiger partial charge on any atom is 0.305 e. The molecule has 0 saturated carbocycles. The molecule has 0 spiro atoms. The van der Waals surface area contributed by atoms with Gasteiger partial charge in [0.1, 0.15) is 6.04 Å². The number of fused-ring (bicyclic) bond motifs is 1. The number of hydrogen-bond acceptors (Lipinski definition) is 5. The minimum absolute atomic E-state index is 0.232. The Balaban J connectivity index is 1.83. The number of carboxylic acids is 1. The van der Waals surface area contributed by atoms with Crippen LogP contribution in [0, 0.1) is 0 Å². The van der Waals surface area contributed by atoms with E-state index in [2.05, 4.69) is 10.6 Å². The average Bonchev–Trinajstić information content (AvgIpc) is 2.78. The topological polar surface area (TPSA) is 142 Å². The first-order valence-corrected chi connectivity index (χ1v) is 8.82. The number of carboxylic acid groups (broad SMARTS) is 1. The number of carbonyl (C=O) groups is 4. The summed E-state index contributed by atoms with van der Waals surface area (Å²) in [6.07, 6.45) is -0.346. The van der Waals surface area contributed by atoms with Crippen molar-refractivity contribution in [2.24, 2.45) is 5.73 Å². The minimum atomic E-state index is -1.08. The van der Waals surface area contributed by atoms with E-state index in [1.807, 2.05) is 0 Å². The summed E-state index contributed by atoms with van der Waals surface area (Å²) in [6.45, 7) is 0.232. The van der Waals surface area contributed by atoms with Crippen molar-refractivity contribution in [3.63, 3.8) is 0 Å². The summed E-state index contributed by atoms with van der Waals surface area (Å²) >= 11 is 0. The van der Waals surface area contributed by atoms with E-state index in [1.54, 1.807) is 43.4 Å². The SMILES string of the molecule is CN1Cc2cc(C(=O)Nc3cccc(C(N)=O)c3)ccc2NC(CC(=O)O)C1=O. The zero-order valence-corrected chi connectivity index (χ0v) is 15.6. The number of carbonyl (C=O) groups excluding carboxylic acids is 3. The van der Waals surface area contributed by atoms with Crippen molar-refractivity contribution in [3.05, 3.63) is 59.2 Å². The van der Waals surface area contributed by atoms with Crippen LogP contribution < -0.4 is 16.4 Å². The Hall–Kier alpha value is -3.88. The number of anilines is 2. The maximum absolute atomic E-state index is 12.6. The lowest BCUT2D eigenvalue weighted by atomic mass is 10.1. The summed E-state index contributed by atoms with van der Waals surface area (Å²) < 4.78 is 0. The van der Waals surface area contributed by atoms with Crippen LogP contribution >= 0.6 is 0 Å². The predicted molar refractivity (Wildman–Crippen MR) is 105 cm³/mol. The molecule has 2 aromatic carbocycles. The lowest BCUT2D eigenvalue weighted by Crippen LogP contribution is -2.39. The third-order valence-electron chi connectivity index (χ3n) is 4.56. The first-order valence-electron chi connectivity index (χ1n) is 8.82. The highest BCUT2D eigenvalue weighted by Crippen LogP contribution is 2.25. The zero-order valence-electron chi connectivity index (χ0n) is 15.6. The number of nitrogens with zero attached hydrogens (tertiary/aromatic N) is 1. The van der Waals surface area contributed by atoms with Crippen LogP contribution in [0.4, 0.5) is 11.4 Å². The number of nitrogens with one attached hydrogen (secondary N) is 2. The van der Waals surface area contributed by atoms with Crippen molar-refractivity contribution in [2.75, 3.05) is 17.7 Å². The van der Waals surface area contributed by atoms with Gasteiger partial charge in [-0.15, -0.1) is 0 Å². The molecule has 9 heteroatoms. The number of primary amides is 1.